The summed E-state index contributed by atoms with van der Waals surface area (Å²) in [6.45, 7) is 3.81. The number of piperidine rings is 1. The first-order valence-corrected chi connectivity index (χ1v) is 8.75. The number of hydrogen-bond donors (Lipinski definition) is 1. The second kappa shape index (κ2) is 6.02. The first-order valence-electron chi connectivity index (χ1n) is 6.72. The highest BCUT2D eigenvalue weighted by Gasteiger charge is 2.27. The molecule has 2 rings (SSSR count). The molecule has 112 valence electrons. The molecule has 0 atom stereocenters. The number of likely N-dealkylation sites (tertiary alicyclic amines) is 1. The van der Waals surface area contributed by atoms with E-state index in [1.807, 2.05) is 6.92 Å². The molecule has 0 spiro atoms. The van der Waals surface area contributed by atoms with Gasteiger partial charge in [0.25, 0.3) is 0 Å². The van der Waals surface area contributed by atoms with Gasteiger partial charge in [0.15, 0.2) is 9.84 Å². The molecule has 20 heavy (non-hydrogen) atoms. The zero-order valence-electron chi connectivity index (χ0n) is 11.5. The van der Waals surface area contributed by atoms with E-state index in [-0.39, 0.29) is 5.75 Å². The molecule has 0 saturated carbocycles. The number of sulfone groups is 1. The van der Waals surface area contributed by atoms with Crippen molar-refractivity contribution in [3.05, 3.63) is 29.3 Å². The maximum Gasteiger partial charge on any atom is 0.179 e. The number of benzene rings is 1. The Morgan fingerprint density at radius 1 is 1.25 bits per heavy atom. The van der Waals surface area contributed by atoms with Gasteiger partial charge in [0.1, 0.15) is 0 Å². The van der Waals surface area contributed by atoms with Gasteiger partial charge >= 0.3 is 0 Å². The number of nitrogens with zero attached hydrogens (tertiary/aromatic N) is 1. The molecule has 1 aliphatic heterocycles. The Kier molecular flexibility index (Phi) is 4.74. The lowest BCUT2D eigenvalue weighted by atomic mass is 9.94. The van der Waals surface area contributed by atoms with Crippen LogP contribution in [0.1, 0.15) is 19.8 Å². The third-order valence-electron chi connectivity index (χ3n) is 3.78. The molecule has 0 amide bonds. The van der Waals surface area contributed by atoms with E-state index in [4.69, 9.17) is 11.6 Å². The minimum Gasteiger partial charge on any atom is -0.390 e. The fourth-order valence-corrected chi connectivity index (χ4v) is 3.68. The molecule has 0 aliphatic carbocycles. The summed E-state index contributed by atoms with van der Waals surface area (Å²) in [5.41, 5.74) is -0.606. The molecule has 0 aromatic heterocycles. The summed E-state index contributed by atoms with van der Waals surface area (Å²) in [4.78, 5) is 2.40. The molecule has 0 bridgehead atoms. The normalized spacial score (nSPS) is 19.9. The lowest BCUT2D eigenvalue weighted by Gasteiger charge is -2.35. The molecule has 1 aromatic carbocycles. The number of hydrogen-bond acceptors (Lipinski definition) is 4. The van der Waals surface area contributed by atoms with Crippen molar-refractivity contribution in [1.29, 1.82) is 0 Å². The van der Waals surface area contributed by atoms with Crippen LogP contribution in [0.3, 0.4) is 0 Å². The van der Waals surface area contributed by atoms with E-state index in [2.05, 4.69) is 4.90 Å². The highest BCUT2D eigenvalue weighted by Crippen LogP contribution is 2.21. The van der Waals surface area contributed by atoms with E-state index in [1.54, 1.807) is 24.3 Å². The van der Waals surface area contributed by atoms with Crippen LogP contribution in [-0.2, 0) is 9.84 Å². The summed E-state index contributed by atoms with van der Waals surface area (Å²) in [5.74, 6) is 0.0940. The van der Waals surface area contributed by atoms with Gasteiger partial charge < -0.3 is 10.0 Å². The molecule has 1 aromatic rings. The number of rotatable bonds is 4. The highest BCUT2D eigenvalue weighted by molar-refractivity contribution is 7.91. The maximum atomic E-state index is 12.2. The minimum absolute atomic E-state index is 0.0940. The van der Waals surface area contributed by atoms with Gasteiger partial charge in [-0.1, -0.05) is 11.6 Å². The number of halogens is 1. The fourth-order valence-electron chi connectivity index (χ4n) is 2.27. The Morgan fingerprint density at radius 2 is 1.80 bits per heavy atom. The van der Waals surface area contributed by atoms with E-state index in [0.29, 0.717) is 29.3 Å². The topological polar surface area (TPSA) is 57.6 Å². The van der Waals surface area contributed by atoms with Crippen LogP contribution in [0.2, 0.25) is 5.02 Å². The zero-order valence-corrected chi connectivity index (χ0v) is 13.1. The van der Waals surface area contributed by atoms with Crippen LogP contribution < -0.4 is 0 Å². The van der Waals surface area contributed by atoms with Crippen molar-refractivity contribution < 1.29 is 13.5 Å². The Labute approximate surface area is 125 Å². The molecule has 1 N–H and O–H groups in total. The lowest BCUT2D eigenvalue weighted by Crippen LogP contribution is -2.43. The van der Waals surface area contributed by atoms with Crippen molar-refractivity contribution in [2.45, 2.75) is 30.3 Å². The van der Waals surface area contributed by atoms with Crippen LogP contribution in [0.15, 0.2) is 29.2 Å². The summed E-state index contributed by atoms with van der Waals surface area (Å²) < 4.78 is 24.4. The largest absolute Gasteiger partial charge is 0.390 e. The second-order valence-corrected chi connectivity index (χ2v) is 8.16. The van der Waals surface area contributed by atoms with Crippen LogP contribution in [-0.4, -0.2) is 49.4 Å². The van der Waals surface area contributed by atoms with Gasteiger partial charge in [0, 0.05) is 24.7 Å². The monoisotopic (exact) mass is 317 g/mol. The van der Waals surface area contributed by atoms with Crippen LogP contribution in [0.5, 0.6) is 0 Å². The predicted molar refractivity (Wildman–Crippen MR) is 79.8 cm³/mol. The van der Waals surface area contributed by atoms with Crippen molar-refractivity contribution in [1.82, 2.24) is 4.90 Å². The first-order chi connectivity index (χ1) is 9.28. The Hall–Kier alpha value is -0.620. The van der Waals surface area contributed by atoms with Crippen LogP contribution >= 0.6 is 11.6 Å². The van der Waals surface area contributed by atoms with Crippen molar-refractivity contribution >= 4 is 21.4 Å². The molecular weight excluding hydrogens is 298 g/mol. The van der Waals surface area contributed by atoms with E-state index in [9.17, 15) is 13.5 Å². The molecule has 4 nitrogen and oxygen atoms in total. The smallest absolute Gasteiger partial charge is 0.179 e. The van der Waals surface area contributed by atoms with Crippen LogP contribution in [0.25, 0.3) is 0 Å². The van der Waals surface area contributed by atoms with Gasteiger partial charge in [-0.25, -0.2) is 8.42 Å². The number of aliphatic hydroxyl groups is 1. The van der Waals surface area contributed by atoms with Gasteiger partial charge in [-0.3, -0.25) is 0 Å². The third kappa shape index (κ3) is 4.19. The first kappa shape index (κ1) is 15.8. The van der Waals surface area contributed by atoms with E-state index < -0.39 is 15.4 Å². The summed E-state index contributed by atoms with van der Waals surface area (Å²) in [5, 5.41) is 10.4. The average molecular weight is 318 g/mol. The molecule has 6 heteroatoms. The molecule has 1 heterocycles. The van der Waals surface area contributed by atoms with Gasteiger partial charge in [-0.05, 0) is 44.0 Å². The second-order valence-electron chi connectivity index (χ2n) is 5.61. The lowest BCUT2D eigenvalue weighted by molar-refractivity contribution is -0.00372. The van der Waals surface area contributed by atoms with Gasteiger partial charge in [0.05, 0.1) is 16.2 Å². The summed E-state index contributed by atoms with van der Waals surface area (Å²) >= 11 is 5.76. The molecule has 1 saturated heterocycles. The Morgan fingerprint density at radius 3 is 2.35 bits per heavy atom. The van der Waals surface area contributed by atoms with E-state index in [0.717, 1.165) is 13.1 Å². The molecule has 0 radical (unpaired) electrons. The summed E-state index contributed by atoms with van der Waals surface area (Å²) in [6.07, 6.45) is 1.38. The van der Waals surface area contributed by atoms with E-state index >= 15 is 0 Å². The SMILES string of the molecule is CC1(O)CCN(CCS(=O)(=O)c2ccc(Cl)cc2)CC1. The summed E-state index contributed by atoms with van der Waals surface area (Å²) in [6, 6.07) is 6.26. The van der Waals surface area contributed by atoms with Crippen LogP contribution in [0, 0.1) is 0 Å². The van der Waals surface area contributed by atoms with Crippen molar-refractivity contribution in [3.63, 3.8) is 0 Å². The quantitative estimate of drug-likeness (QED) is 0.922. The average Bonchev–Trinajstić information content (AvgIpc) is 2.38. The standard InChI is InChI=1S/C14H20ClNO3S/c1-14(17)6-8-16(9-7-14)10-11-20(18,19)13-4-2-12(15)3-5-13/h2-5,17H,6-11H2,1H3. The van der Waals surface area contributed by atoms with Gasteiger partial charge in [0.2, 0.25) is 0 Å². The van der Waals surface area contributed by atoms with Crippen LogP contribution in [0.4, 0.5) is 0 Å². The molecule has 1 aliphatic rings. The Balaban J connectivity index is 1.92. The molecule has 0 unspecified atom stereocenters. The van der Waals surface area contributed by atoms with Crippen molar-refractivity contribution in [2.75, 3.05) is 25.4 Å². The maximum absolute atomic E-state index is 12.2. The fraction of sp³-hybridized carbons (Fsp3) is 0.571. The predicted octanol–water partition coefficient (Wildman–Crippen LogP) is 1.96. The van der Waals surface area contributed by atoms with E-state index in [1.165, 1.54) is 0 Å². The molecule has 1 fully saturated rings. The third-order valence-corrected chi connectivity index (χ3v) is 5.74. The summed E-state index contributed by atoms with van der Waals surface area (Å²) in [7, 11) is -3.27. The van der Waals surface area contributed by atoms with Crippen molar-refractivity contribution in [3.8, 4) is 0 Å². The van der Waals surface area contributed by atoms with Gasteiger partial charge in [-0.15, -0.1) is 0 Å². The molecular formula is C14H20ClNO3S. The van der Waals surface area contributed by atoms with Gasteiger partial charge in [-0.2, -0.15) is 0 Å². The van der Waals surface area contributed by atoms with Crippen molar-refractivity contribution in [2.24, 2.45) is 0 Å². The highest BCUT2D eigenvalue weighted by atomic mass is 35.5. The zero-order chi connectivity index (χ0) is 14.8. The minimum atomic E-state index is -3.27. The Bertz CT molecular complexity index is 544.